The molecule has 0 saturated carbocycles. The van der Waals surface area contributed by atoms with Crippen molar-refractivity contribution >= 4 is 10.0 Å². The van der Waals surface area contributed by atoms with Crippen LogP contribution in [0.3, 0.4) is 0 Å². The monoisotopic (exact) mass is 345 g/mol. The van der Waals surface area contributed by atoms with Gasteiger partial charge in [0, 0.05) is 6.04 Å². The minimum Gasteiger partial charge on any atom is -0.496 e. The van der Waals surface area contributed by atoms with Gasteiger partial charge in [0.2, 0.25) is 10.0 Å². The lowest BCUT2D eigenvalue weighted by Crippen LogP contribution is -2.31. The van der Waals surface area contributed by atoms with Crippen LogP contribution in [0.5, 0.6) is 5.75 Å². The number of hydrogen-bond acceptors (Lipinski definition) is 3. The fourth-order valence-corrected chi connectivity index (χ4v) is 4.96. The molecule has 4 nitrogen and oxygen atoms in total. The van der Waals surface area contributed by atoms with Gasteiger partial charge >= 0.3 is 0 Å². The maximum absolute atomic E-state index is 12.9. The van der Waals surface area contributed by atoms with Crippen molar-refractivity contribution in [2.24, 2.45) is 0 Å². The van der Waals surface area contributed by atoms with Crippen LogP contribution in [0.25, 0.3) is 0 Å². The van der Waals surface area contributed by atoms with Crippen molar-refractivity contribution in [2.45, 2.75) is 44.0 Å². The van der Waals surface area contributed by atoms with Crippen molar-refractivity contribution < 1.29 is 13.2 Å². The molecule has 2 aromatic rings. The molecule has 0 bridgehead atoms. The number of fused-ring (bicyclic) bond motifs is 1. The van der Waals surface area contributed by atoms with Crippen molar-refractivity contribution in [3.05, 3.63) is 58.7 Å². The standard InChI is InChI=1S/C19H23NO3S/c1-13-14(2)19(12-11-18(13)23-3)24(21,22)20-17-10-6-8-15-7-4-5-9-16(15)17/h4-5,7,9,11-12,17,20H,6,8,10H2,1-3H3/t17-/m0/s1. The number of nitrogens with one attached hydrogen (secondary N) is 1. The zero-order valence-electron chi connectivity index (χ0n) is 14.3. The van der Waals surface area contributed by atoms with Crippen molar-refractivity contribution in [3.63, 3.8) is 0 Å². The summed E-state index contributed by atoms with van der Waals surface area (Å²) < 4.78 is 34.0. The van der Waals surface area contributed by atoms with E-state index in [-0.39, 0.29) is 6.04 Å². The molecule has 0 radical (unpaired) electrons. The highest BCUT2D eigenvalue weighted by molar-refractivity contribution is 7.89. The Hall–Kier alpha value is -1.85. The summed E-state index contributed by atoms with van der Waals surface area (Å²) in [6, 6.07) is 11.2. The van der Waals surface area contributed by atoms with Crippen LogP contribution < -0.4 is 9.46 Å². The van der Waals surface area contributed by atoms with Crippen LogP contribution in [0, 0.1) is 13.8 Å². The van der Waals surface area contributed by atoms with Crippen LogP contribution in [0.15, 0.2) is 41.3 Å². The summed E-state index contributed by atoms with van der Waals surface area (Å²) in [7, 11) is -2.00. The van der Waals surface area contributed by atoms with Gasteiger partial charge in [-0.1, -0.05) is 24.3 Å². The van der Waals surface area contributed by atoms with Crippen LogP contribution in [0.2, 0.25) is 0 Å². The Labute approximate surface area is 143 Å². The fraction of sp³-hybridized carbons (Fsp3) is 0.368. The van der Waals surface area contributed by atoms with Crippen molar-refractivity contribution in [1.29, 1.82) is 0 Å². The molecule has 0 amide bonds. The lowest BCUT2D eigenvalue weighted by atomic mass is 9.88. The van der Waals surface area contributed by atoms with Gasteiger partial charge in [0.05, 0.1) is 12.0 Å². The predicted octanol–water partition coefficient (Wildman–Crippen LogP) is 3.67. The highest BCUT2D eigenvalue weighted by Crippen LogP contribution is 2.32. The van der Waals surface area contributed by atoms with Gasteiger partial charge in [0.15, 0.2) is 0 Å². The van der Waals surface area contributed by atoms with E-state index in [1.165, 1.54) is 5.56 Å². The topological polar surface area (TPSA) is 55.4 Å². The molecule has 1 N–H and O–H groups in total. The minimum atomic E-state index is -3.59. The maximum atomic E-state index is 12.9. The number of ether oxygens (including phenoxy) is 1. The molecule has 24 heavy (non-hydrogen) atoms. The first-order chi connectivity index (χ1) is 11.4. The Balaban J connectivity index is 1.95. The highest BCUT2D eigenvalue weighted by Gasteiger charge is 2.27. The number of hydrogen-bond donors (Lipinski definition) is 1. The van der Waals surface area contributed by atoms with E-state index in [0.29, 0.717) is 10.6 Å². The molecule has 0 aromatic heterocycles. The zero-order valence-corrected chi connectivity index (χ0v) is 15.1. The number of sulfonamides is 1. The van der Waals surface area contributed by atoms with Gasteiger partial charge < -0.3 is 4.74 Å². The summed E-state index contributed by atoms with van der Waals surface area (Å²) in [6.07, 6.45) is 2.82. The average Bonchev–Trinajstić information content (AvgIpc) is 2.57. The second kappa shape index (κ2) is 6.57. The Morgan fingerprint density at radius 2 is 1.83 bits per heavy atom. The molecule has 0 aliphatic heterocycles. The Bertz CT molecular complexity index is 859. The van der Waals surface area contributed by atoms with Gasteiger partial charge in [-0.05, 0) is 67.5 Å². The predicted molar refractivity (Wildman–Crippen MR) is 94.9 cm³/mol. The molecule has 0 heterocycles. The van der Waals surface area contributed by atoms with Crippen LogP contribution in [0.1, 0.15) is 41.1 Å². The van der Waals surface area contributed by atoms with Gasteiger partial charge in [0.25, 0.3) is 0 Å². The number of methoxy groups -OCH3 is 1. The van der Waals surface area contributed by atoms with Crippen LogP contribution in [0.4, 0.5) is 0 Å². The third-order valence-electron chi connectivity index (χ3n) is 4.86. The molecular formula is C19H23NO3S. The van der Waals surface area contributed by atoms with E-state index in [2.05, 4.69) is 10.8 Å². The molecule has 1 aliphatic rings. The van der Waals surface area contributed by atoms with Crippen molar-refractivity contribution in [3.8, 4) is 5.75 Å². The SMILES string of the molecule is COc1ccc(S(=O)(=O)N[C@H]2CCCc3ccccc32)c(C)c1C. The minimum absolute atomic E-state index is 0.165. The Kier molecular flexibility index (Phi) is 4.65. The largest absolute Gasteiger partial charge is 0.496 e. The van der Waals surface area contributed by atoms with Crippen molar-refractivity contribution in [1.82, 2.24) is 4.72 Å². The van der Waals surface area contributed by atoms with E-state index in [0.717, 1.165) is 36.0 Å². The second-order valence-electron chi connectivity index (χ2n) is 6.28. The maximum Gasteiger partial charge on any atom is 0.241 e. The van der Waals surface area contributed by atoms with Crippen LogP contribution in [-0.4, -0.2) is 15.5 Å². The van der Waals surface area contributed by atoms with E-state index in [4.69, 9.17) is 4.74 Å². The third-order valence-corrected chi connectivity index (χ3v) is 6.48. The molecule has 3 rings (SSSR count). The van der Waals surface area contributed by atoms with Gasteiger partial charge in [-0.2, -0.15) is 0 Å². The first-order valence-corrected chi connectivity index (χ1v) is 9.66. The average molecular weight is 345 g/mol. The third kappa shape index (κ3) is 3.06. The molecule has 0 spiro atoms. The first-order valence-electron chi connectivity index (χ1n) is 8.18. The summed E-state index contributed by atoms with van der Waals surface area (Å²) in [5, 5.41) is 0. The van der Waals surface area contributed by atoms with E-state index in [9.17, 15) is 8.42 Å². The molecule has 0 fully saturated rings. The summed E-state index contributed by atoms with van der Waals surface area (Å²) >= 11 is 0. The fourth-order valence-electron chi connectivity index (χ4n) is 3.41. The molecule has 5 heteroatoms. The molecular weight excluding hydrogens is 322 g/mol. The lowest BCUT2D eigenvalue weighted by molar-refractivity contribution is 0.410. The van der Waals surface area contributed by atoms with Gasteiger partial charge in [-0.25, -0.2) is 13.1 Å². The Morgan fingerprint density at radius 1 is 1.08 bits per heavy atom. The molecule has 0 saturated heterocycles. The number of benzene rings is 2. The first kappa shape index (κ1) is 17.0. The van der Waals surface area contributed by atoms with Gasteiger partial charge in [0.1, 0.15) is 5.75 Å². The van der Waals surface area contributed by atoms with E-state index < -0.39 is 10.0 Å². The zero-order chi connectivity index (χ0) is 17.3. The molecule has 1 aliphatic carbocycles. The quantitative estimate of drug-likeness (QED) is 0.920. The van der Waals surface area contributed by atoms with E-state index in [1.807, 2.05) is 32.0 Å². The summed E-state index contributed by atoms with van der Waals surface area (Å²) in [6.45, 7) is 3.70. The van der Waals surface area contributed by atoms with Gasteiger partial charge in [-0.3, -0.25) is 0 Å². The summed E-state index contributed by atoms with van der Waals surface area (Å²) in [4.78, 5) is 0.323. The van der Waals surface area contributed by atoms with E-state index >= 15 is 0 Å². The van der Waals surface area contributed by atoms with Crippen LogP contribution >= 0.6 is 0 Å². The molecule has 128 valence electrons. The highest BCUT2D eigenvalue weighted by atomic mass is 32.2. The number of aryl methyl sites for hydroxylation is 1. The normalized spacial score (nSPS) is 17.4. The molecule has 1 atom stereocenters. The van der Waals surface area contributed by atoms with E-state index in [1.54, 1.807) is 19.2 Å². The lowest BCUT2D eigenvalue weighted by Gasteiger charge is -2.26. The number of rotatable bonds is 4. The van der Waals surface area contributed by atoms with Gasteiger partial charge in [-0.15, -0.1) is 0 Å². The smallest absolute Gasteiger partial charge is 0.241 e. The Morgan fingerprint density at radius 3 is 2.58 bits per heavy atom. The second-order valence-corrected chi connectivity index (χ2v) is 7.96. The van der Waals surface area contributed by atoms with Crippen molar-refractivity contribution in [2.75, 3.05) is 7.11 Å². The molecule has 0 unspecified atom stereocenters. The molecule has 2 aromatic carbocycles. The summed E-state index contributed by atoms with van der Waals surface area (Å²) in [5.41, 5.74) is 3.91. The van der Waals surface area contributed by atoms with Crippen LogP contribution in [-0.2, 0) is 16.4 Å². The summed E-state index contributed by atoms with van der Waals surface area (Å²) in [5.74, 6) is 0.703.